The molecule has 3 rings (SSSR count). The molecule has 0 amide bonds. The topological polar surface area (TPSA) is 67.0 Å². The Balaban J connectivity index is 2.05. The molecule has 2 aliphatic rings. The molecule has 1 saturated carbocycles. The standard InChI is InChI=1S/C13H19N3O2/c1-2-18-13(5-3-4-6-13)12-15-10-8-14-7-9(10)11(17)16-12/h14H,2-8H2,1H3,(H,15,16,17). The molecule has 2 N–H and O–H groups in total. The lowest BCUT2D eigenvalue weighted by Crippen LogP contribution is -2.32. The van der Waals surface area contributed by atoms with E-state index in [2.05, 4.69) is 15.3 Å². The van der Waals surface area contributed by atoms with Crippen molar-refractivity contribution in [2.45, 2.75) is 51.3 Å². The predicted molar refractivity (Wildman–Crippen MR) is 67.2 cm³/mol. The van der Waals surface area contributed by atoms with Crippen LogP contribution in [0.15, 0.2) is 4.79 Å². The maximum Gasteiger partial charge on any atom is 0.255 e. The van der Waals surface area contributed by atoms with E-state index in [1.807, 2.05) is 6.92 Å². The first-order valence-electron chi connectivity index (χ1n) is 6.72. The lowest BCUT2D eigenvalue weighted by molar-refractivity contribution is -0.0460. The van der Waals surface area contributed by atoms with Crippen molar-refractivity contribution in [3.63, 3.8) is 0 Å². The number of aromatic amines is 1. The SMILES string of the molecule is CCOC1(c2nc3c(c(=O)[nH]2)CNC3)CCCC1. The molecular formula is C13H19N3O2. The van der Waals surface area contributed by atoms with E-state index in [0.717, 1.165) is 42.8 Å². The zero-order chi connectivity index (χ0) is 12.6. The normalized spacial score (nSPS) is 21.2. The minimum atomic E-state index is -0.356. The van der Waals surface area contributed by atoms with Gasteiger partial charge in [0.25, 0.3) is 5.56 Å². The van der Waals surface area contributed by atoms with Gasteiger partial charge in [-0.2, -0.15) is 0 Å². The molecule has 0 spiro atoms. The summed E-state index contributed by atoms with van der Waals surface area (Å²) in [5.74, 6) is 0.731. The van der Waals surface area contributed by atoms with Gasteiger partial charge < -0.3 is 15.0 Å². The Morgan fingerprint density at radius 3 is 2.83 bits per heavy atom. The molecule has 1 aliphatic heterocycles. The Morgan fingerprint density at radius 2 is 2.11 bits per heavy atom. The summed E-state index contributed by atoms with van der Waals surface area (Å²) in [7, 11) is 0. The molecule has 5 nitrogen and oxygen atoms in total. The fraction of sp³-hybridized carbons (Fsp3) is 0.692. The molecular weight excluding hydrogens is 230 g/mol. The minimum absolute atomic E-state index is 0.00835. The highest BCUT2D eigenvalue weighted by Crippen LogP contribution is 2.40. The van der Waals surface area contributed by atoms with Crippen LogP contribution in [0.2, 0.25) is 0 Å². The average Bonchev–Trinajstić information content (AvgIpc) is 2.98. The Bertz CT molecular complexity index is 503. The first kappa shape index (κ1) is 11.9. The monoisotopic (exact) mass is 249 g/mol. The molecule has 1 aromatic rings. The van der Waals surface area contributed by atoms with Crippen LogP contribution < -0.4 is 10.9 Å². The summed E-state index contributed by atoms with van der Waals surface area (Å²) < 4.78 is 5.94. The molecule has 18 heavy (non-hydrogen) atoms. The lowest BCUT2D eigenvalue weighted by atomic mass is 10.0. The number of fused-ring (bicyclic) bond motifs is 1. The largest absolute Gasteiger partial charge is 0.367 e. The third kappa shape index (κ3) is 1.78. The average molecular weight is 249 g/mol. The van der Waals surface area contributed by atoms with Crippen molar-refractivity contribution in [3.8, 4) is 0 Å². The van der Waals surface area contributed by atoms with Gasteiger partial charge in [0.2, 0.25) is 0 Å². The smallest absolute Gasteiger partial charge is 0.255 e. The molecule has 2 heterocycles. The second kappa shape index (κ2) is 4.48. The zero-order valence-corrected chi connectivity index (χ0v) is 10.7. The Labute approximate surface area is 106 Å². The van der Waals surface area contributed by atoms with E-state index in [9.17, 15) is 4.79 Å². The van der Waals surface area contributed by atoms with Crippen molar-refractivity contribution in [1.29, 1.82) is 0 Å². The summed E-state index contributed by atoms with van der Waals surface area (Å²) in [6, 6.07) is 0. The van der Waals surface area contributed by atoms with Crippen LogP contribution in [0.1, 0.15) is 49.7 Å². The van der Waals surface area contributed by atoms with Crippen molar-refractivity contribution in [2.24, 2.45) is 0 Å². The van der Waals surface area contributed by atoms with Crippen LogP contribution in [0, 0.1) is 0 Å². The molecule has 1 aliphatic carbocycles. The molecule has 0 unspecified atom stereocenters. The van der Waals surface area contributed by atoms with Gasteiger partial charge in [0.1, 0.15) is 11.4 Å². The molecule has 0 saturated heterocycles. The second-order valence-electron chi connectivity index (χ2n) is 5.08. The van der Waals surface area contributed by atoms with Gasteiger partial charge >= 0.3 is 0 Å². The van der Waals surface area contributed by atoms with Gasteiger partial charge in [0.15, 0.2) is 0 Å². The highest BCUT2D eigenvalue weighted by atomic mass is 16.5. The van der Waals surface area contributed by atoms with E-state index in [-0.39, 0.29) is 11.2 Å². The Hall–Kier alpha value is -1.20. The van der Waals surface area contributed by atoms with Crippen LogP contribution in [0.5, 0.6) is 0 Å². The molecule has 1 aromatic heterocycles. The fourth-order valence-corrected chi connectivity index (χ4v) is 3.07. The summed E-state index contributed by atoms with van der Waals surface area (Å²) in [5.41, 5.74) is 1.31. The van der Waals surface area contributed by atoms with E-state index >= 15 is 0 Å². The first-order chi connectivity index (χ1) is 8.75. The Kier molecular flexibility index (Phi) is 2.95. The highest BCUT2D eigenvalue weighted by molar-refractivity contribution is 5.23. The number of aromatic nitrogens is 2. The molecule has 0 atom stereocenters. The Morgan fingerprint density at radius 1 is 1.33 bits per heavy atom. The summed E-state index contributed by atoms with van der Waals surface area (Å²) in [4.78, 5) is 19.6. The number of hydrogen-bond acceptors (Lipinski definition) is 4. The first-order valence-corrected chi connectivity index (χ1v) is 6.72. The van der Waals surface area contributed by atoms with Crippen LogP contribution in [0.4, 0.5) is 0 Å². The zero-order valence-electron chi connectivity index (χ0n) is 10.7. The van der Waals surface area contributed by atoms with Crippen molar-refractivity contribution >= 4 is 0 Å². The maximum atomic E-state index is 12.0. The summed E-state index contributed by atoms with van der Waals surface area (Å²) in [6.07, 6.45) is 4.18. The number of nitrogens with one attached hydrogen (secondary N) is 2. The molecule has 98 valence electrons. The molecule has 1 fully saturated rings. The fourth-order valence-electron chi connectivity index (χ4n) is 3.07. The van der Waals surface area contributed by atoms with Gasteiger partial charge in [-0.05, 0) is 32.6 Å². The number of ether oxygens (including phenoxy) is 1. The quantitative estimate of drug-likeness (QED) is 0.844. The summed E-state index contributed by atoms with van der Waals surface area (Å²) in [5, 5.41) is 3.17. The lowest BCUT2D eigenvalue weighted by Gasteiger charge is -2.28. The van der Waals surface area contributed by atoms with Gasteiger partial charge in [0, 0.05) is 19.7 Å². The van der Waals surface area contributed by atoms with Gasteiger partial charge in [-0.1, -0.05) is 0 Å². The number of rotatable bonds is 3. The van der Waals surface area contributed by atoms with Gasteiger partial charge in [-0.15, -0.1) is 0 Å². The van der Waals surface area contributed by atoms with Gasteiger partial charge in [0.05, 0.1) is 11.3 Å². The van der Waals surface area contributed by atoms with E-state index in [1.54, 1.807) is 0 Å². The number of nitrogens with zero attached hydrogens (tertiary/aromatic N) is 1. The summed E-state index contributed by atoms with van der Waals surface area (Å²) in [6.45, 7) is 3.96. The van der Waals surface area contributed by atoms with E-state index in [4.69, 9.17) is 4.74 Å². The van der Waals surface area contributed by atoms with Crippen LogP contribution in [-0.2, 0) is 23.4 Å². The third-order valence-electron chi connectivity index (χ3n) is 3.96. The minimum Gasteiger partial charge on any atom is -0.367 e. The van der Waals surface area contributed by atoms with E-state index < -0.39 is 0 Å². The van der Waals surface area contributed by atoms with Crippen LogP contribution >= 0.6 is 0 Å². The second-order valence-corrected chi connectivity index (χ2v) is 5.08. The van der Waals surface area contributed by atoms with Crippen LogP contribution in [-0.4, -0.2) is 16.6 Å². The van der Waals surface area contributed by atoms with E-state index in [1.165, 1.54) is 0 Å². The van der Waals surface area contributed by atoms with Crippen molar-refractivity contribution in [1.82, 2.24) is 15.3 Å². The van der Waals surface area contributed by atoms with Crippen LogP contribution in [0.3, 0.4) is 0 Å². The molecule has 0 radical (unpaired) electrons. The van der Waals surface area contributed by atoms with Gasteiger partial charge in [-0.3, -0.25) is 4.79 Å². The predicted octanol–water partition coefficient (Wildman–Crippen LogP) is 1.18. The maximum absolute atomic E-state index is 12.0. The third-order valence-corrected chi connectivity index (χ3v) is 3.96. The van der Waals surface area contributed by atoms with E-state index in [0.29, 0.717) is 19.7 Å². The summed E-state index contributed by atoms with van der Waals surface area (Å²) >= 11 is 0. The van der Waals surface area contributed by atoms with Gasteiger partial charge in [-0.25, -0.2) is 4.98 Å². The molecule has 0 aromatic carbocycles. The number of hydrogen-bond donors (Lipinski definition) is 2. The molecule has 0 bridgehead atoms. The molecule has 5 heteroatoms. The van der Waals surface area contributed by atoms with Crippen molar-refractivity contribution in [3.05, 3.63) is 27.4 Å². The highest BCUT2D eigenvalue weighted by Gasteiger charge is 2.39. The van der Waals surface area contributed by atoms with Crippen molar-refractivity contribution in [2.75, 3.05) is 6.61 Å². The van der Waals surface area contributed by atoms with Crippen molar-refractivity contribution < 1.29 is 4.74 Å². The number of H-pyrrole nitrogens is 1. The van der Waals surface area contributed by atoms with Crippen LogP contribution in [0.25, 0.3) is 0 Å².